The summed E-state index contributed by atoms with van der Waals surface area (Å²) < 4.78 is 4.91. The molecule has 0 bridgehead atoms. The van der Waals surface area contributed by atoms with E-state index in [1.807, 2.05) is 68.9 Å². The molecule has 0 saturated carbocycles. The first-order valence-electron chi connectivity index (χ1n) is 10.4. The molecule has 9 heteroatoms. The molecule has 0 N–H and O–H groups in total. The number of carbonyl (C=O) groups is 2. The fourth-order valence-electron chi connectivity index (χ4n) is 3.59. The Morgan fingerprint density at radius 3 is 2.18 bits per heavy atom. The van der Waals surface area contributed by atoms with E-state index in [-0.39, 0.29) is 28.1 Å². The zero-order valence-electron chi connectivity index (χ0n) is 19.9. The number of fused-ring (bicyclic) bond motifs is 1. The number of aryl methyl sites for hydroxylation is 1. The average molecular weight is 466 g/mol. The number of ether oxygens (including phenoxy) is 1. The van der Waals surface area contributed by atoms with Crippen LogP contribution in [0.3, 0.4) is 0 Å². The third-order valence-electron chi connectivity index (χ3n) is 5.31. The number of esters is 1. The Hall–Kier alpha value is -3.38. The summed E-state index contributed by atoms with van der Waals surface area (Å²) in [5, 5.41) is 10.2. The number of nitriles is 1. The summed E-state index contributed by atoms with van der Waals surface area (Å²) >= 11 is 1.11. The molecule has 0 aliphatic carbocycles. The Labute approximate surface area is 198 Å². The van der Waals surface area contributed by atoms with Crippen LogP contribution in [0.25, 0.3) is 0 Å². The summed E-state index contributed by atoms with van der Waals surface area (Å²) in [6.07, 6.45) is 0. The van der Waals surface area contributed by atoms with Gasteiger partial charge in [0.2, 0.25) is 0 Å². The van der Waals surface area contributed by atoms with Gasteiger partial charge in [-0.05, 0) is 19.1 Å². The second kappa shape index (κ2) is 9.24. The molecule has 1 aromatic heterocycles. The third kappa shape index (κ3) is 4.57. The summed E-state index contributed by atoms with van der Waals surface area (Å²) in [6.45, 7) is 7.64. The Morgan fingerprint density at radius 1 is 1.12 bits per heavy atom. The number of para-hydroxylation sites is 2. The second-order valence-corrected chi connectivity index (χ2v) is 9.65. The van der Waals surface area contributed by atoms with E-state index in [4.69, 9.17) is 4.74 Å². The lowest BCUT2D eigenvalue weighted by atomic mass is 9.95. The first kappa shape index (κ1) is 24.3. The number of aromatic nitrogens is 2. The van der Waals surface area contributed by atoms with Gasteiger partial charge in [-0.3, -0.25) is 4.79 Å². The van der Waals surface area contributed by atoms with Gasteiger partial charge in [0.25, 0.3) is 0 Å². The minimum absolute atomic E-state index is 0.0464. The molecular weight excluding hydrogens is 438 g/mol. The molecule has 33 heavy (non-hydrogen) atoms. The number of rotatable bonds is 5. The molecule has 0 radical (unpaired) electrons. The quantitative estimate of drug-likeness (QED) is 0.214. The van der Waals surface area contributed by atoms with Gasteiger partial charge in [-0.15, -0.1) is 0 Å². The third-order valence-corrected chi connectivity index (χ3v) is 6.29. The van der Waals surface area contributed by atoms with Gasteiger partial charge in [-0.25, -0.2) is 14.8 Å². The molecule has 0 spiro atoms. The lowest BCUT2D eigenvalue weighted by Crippen LogP contribution is -2.27. The van der Waals surface area contributed by atoms with Crippen molar-refractivity contribution in [3.63, 3.8) is 0 Å². The van der Waals surface area contributed by atoms with E-state index >= 15 is 0 Å². The molecule has 1 aromatic carbocycles. The van der Waals surface area contributed by atoms with Crippen LogP contribution in [0.5, 0.6) is 0 Å². The number of thioether (sulfide) groups is 1. The molecule has 3 rings (SSSR count). The zero-order valence-corrected chi connectivity index (χ0v) is 20.7. The molecule has 172 valence electrons. The summed E-state index contributed by atoms with van der Waals surface area (Å²) in [5.74, 6) is 0.105. The van der Waals surface area contributed by atoms with Crippen LogP contribution in [0, 0.1) is 18.3 Å². The lowest BCUT2D eigenvalue weighted by molar-refractivity contribution is -0.112. The highest BCUT2D eigenvalue weighted by Crippen LogP contribution is 2.40. The van der Waals surface area contributed by atoms with Gasteiger partial charge in [-0.2, -0.15) is 5.26 Å². The van der Waals surface area contributed by atoms with Crippen molar-refractivity contribution in [1.29, 1.82) is 5.26 Å². The monoisotopic (exact) mass is 465 g/mol. The van der Waals surface area contributed by atoms with Crippen molar-refractivity contribution in [2.45, 2.75) is 38.1 Å². The van der Waals surface area contributed by atoms with Crippen molar-refractivity contribution in [2.75, 3.05) is 36.8 Å². The van der Waals surface area contributed by atoms with Crippen LogP contribution in [0.1, 0.15) is 42.6 Å². The Bertz CT molecular complexity index is 1160. The molecule has 1 aliphatic heterocycles. The smallest absolute Gasteiger partial charge is 0.342 e. The van der Waals surface area contributed by atoms with Gasteiger partial charge in [0.15, 0.2) is 5.78 Å². The minimum Gasteiger partial charge on any atom is -0.465 e. The highest BCUT2D eigenvalue weighted by molar-refractivity contribution is 8.00. The normalized spacial score (nSPS) is 13.0. The highest BCUT2D eigenvalue weighted by atomic mass is 32.2. The zero-order chi connectivity index (χ0) is 24.5. The van der Waals surface area contributed by atoms with Gasteiger partial charge in [0.1, 0.15) is 33.9 Å². The van der Waals surface area contributed by atoms with E-state index in [2.05, 4.69) is 16.0 Å². The predicted octanol–water partition coefficient (Wildman–Crippen LogP) is 3.85. The van der Waals surface area contributed by atoms with Gasteiger partial charge < -0.3 is 14.5 Å². The standard InChI is InChI=1S/C24H27N5O3S/c1-14-19(22(31)32-7)20(27-23(26-14)24(2,3)4)33-13-18(30)15(12-25)21-28(5)16-10-8-9-11-17(16)29(21)6/h8-11H,13H2,1-7H3. The Kier molecular flexibility index (Phi) is 6.79. The Balaban J connectivity index is 1.96. The van der Waals surface area contributed by atoms with Crippen LogP contribution >= 0.6 is 11.8 Å². The number of nitrogens with zero attached hydrogens (tertiary/aromatic N) is 5. The van der Waals surface area contributed by atoms with E-state index in [1.165, 1.54) is 7.11 Å². The van der Waals surface area contributed by atoms with Crippen molar-refractivity contribution in [1.82, 2.24) is 9.97 Å². The second-order valence-electron chi connectivity index (χ2n) is 8.68. The largest absolute Gasteiger partial charge is 0.465 e. The first-order chi connectivity index (χ1) is 15.5. The predicted molar refractivity (Wildman–Crippen MR) is 128 cm³/mol. The number of benzene rings is 1. The molecule has 2 aromatic rings. The van der Waals surface area contributed by atoms with Crippen molar-refractivity contribution >= 4 is 34.9 Å². The molecular formula is C24H27N5O3S. The van der Waals surface area contributed by atoms with Gasteiger partial charge >= 0.3 is 5.97 Å². The number of hydrogen-bond acceptors (Lipinski definition) is 9. The molecule has 0 unspecified atom stereocenters. The summed E-state index contributed by atoms with van der Waals surface area (Å²) in [4.78, 5) is 38.3. The Morgan fingerprint density at radius 2 is 1.70 bits per heavy atom. The summed E-state index contributed by atoms with van der Waals surface area (Å²) in [6, 6.07) is 9.78. The number of carbonyl (C=O) groups excluding carboxylic acids is 2. The topological polar surface area (TPSA) is 99.4 Å². The average Bonchev–Trinajstić information content (AvgIpc) is 3.02. The van der Waals surface area contributed by atoms with Crippen molar-refractivity contribution in [3.05, 3.63) is 52.7 Å². The van der Waals surface area contributed by atoms with Gasteiger partial charge in [-0.1, -0.05) is 44.7 Å². The van der Waals surface area contributed by atoms with Crippen LogP contribution in [0.15, 0.2) is 40.7 Å². The lowest BCUT2D eigenvalue weighted by Gasteiger charge is -2.20. The van der Waals surface area contributed by atoms with E-state index in [1.54, 1.807) is 6.92 Å². The number of anilines is 2. The number of ketones is 1. The van der Waals surface area contributed by atoms with E-state index in [0.29, 0.717) is 22.4 Å². The van der Waals surface area contributed by atoms with E-state index in [0.717, 1.165) is 23.1 Å². The van der Waals surface area contributed by atoms with E-state index in [9.17, 15) is 14.9 Å². The fourth-order valence-corrected chi connectivity index (χ4v) is 4.53. The van der Waals surface area contributed by atoms with Crippen molar-refractivity contribution in [3.8, 4) is 6.07 Å². The van der Waals surface area contributed by atoms with Crippen LogP contribution < -0.4 is 9.80 Å². The van der Waals surface area contributed by atoms with Crippen LogP contribution in [-0.2, 0) is 14.9 Å². The minimum atomic E-state index is -0.563. The number of hydrogen-bond donors (Lipinski definition) is 0. The fraction of sp³-hybridized carbons (Fsp3) is 0.375. The summed E-state index contributed by atoms with van der Waals surface area (Å²) in [5.41, 5.74) is 2.25. The van der Waals surface area contributed by atoms with Crippen LogP contribution in [0.4, 0.5) is 11.4 Å². The summed E-state index contributed by atoms with van der Waals surface area (Å²) in [7, 11) is 4.95. The maximum Gasteiger partial charge on any atom is 0.342 e. The number of allylic oxidation sites excluding steroid dienone is 1. The van der Waals surface area contributed by atoms with Crippen LogP contribution in [0.2, 0.25) is 0 Å². The van der Waals surface area contributed by atoms with Gasteiger partial charge in [0, 0.05) is 19.5 Å². The molecule has 0 amide bonds. The molecule has 0 saturated heterocycles. The number of Topliss-reactive ketones (excluding diaryl/α,β-unsaturated/α-hetero) is 1. The van der Waals surface area contributed by atoms with E-state index < -0.39 is 5.97 Å². The molecule has 0 fully saturated rings. The molecule has 2 heterocycles. The molecule has 0 atom stereocenters. The molecule has 1 aliphatic rings. The van der Waals surface area contributed by atoms with Crippen LogP contribution in [-0.4, -0.2) is 48.7 Å². The SMILES string of the molecule is COC(=O)c1c(C)nc(C(C)(C)C)nc1SCC(=O)C(C#N)=C1N(C)c2ccccc2N1C. The maximum atomic E-state index is 13.2. The van der Waals surface area contributed by atoms with Crippen molar-refractivity contribution < 1.29 is 14.3 Å². The first-order valence-corrected chi connectivity index (χ1v) is 11.3. The maximum absolute atomic E-state index is 13.2. The number of methoxy groups -OCH3 is 1. The highest BCUT2D eigenvalue weighted by Gasteiger charge is 2.32. The van der Waals surface area contributed by atoms with Gasteiger partial charge in [0.05, 0.1) is 29.9 Å². The molecule has 8 nitrogen and oxygen atoms in total. The van der Waals surface area contributed by atoms with Crippen molar-refractivity contribution in [2.24, 2.45) is 0 Å².